The van der Waals surface area contributed by atoms with Crippen LogP contribution in [0.2, 0.25) is 0 Å². The van der Waals surface area contributed by atoms with Crippen LogP contribution in [0.5, 0.6) is 5.88 Å². The van der Waals surface area contributed by atoms with Crippen molar-refractivity contribution in [1.29, 1.82) is 0 Å². The first-order valence-corrected chi connectivity index (χ1v) is 8.69. The number of nitrogens with zero attached hydrogens (tertiary/aromatic N) is 4. The molecule has 1 aromatic heterocycles. The van der Waals surface area contributed by atoms with Gasteiger partial charge in [-0.3, -0.25) is 4.79 Å². The average Bonchev–Trinajstić information content (AvgIpc) is 3.08. The first-order chi connectivity index (χ1) is 13.5. The van der Waals surface area contributed by atoms with Crippen molar-refractivity contribution >= 4 is 11.7 Å². The Kier molecular flexibility index (Phi) is 4.59. The van der Waals surface area contributed by atoms with E-state index in [0.29, 0.717) is 6.42 Å². The van der Waals surface area contributed by atoms with Crippen LogP contribution in [0.15, 0.2) is 28.0 Å². The first kappa shape index (κ1) is 18.2. The second kappa shape index (κ2) is 7.08. The van der Waals surface area contributed by atoms with Gasteiger partial charge in [-0.2, -0.15) is 0 Å². The Morgan fingerprint density at radius 2 is 2.25 bits per heavy atom. The number of aromatic nitrogens is 2. The monoisotopic (exact) mass is 391 g/mol. The van der Waals surface area contributed by atoms with Gasteiger partial charge in [0.1, 0.15) is 18.0 Å². The predicted molar refractivity (Wildman–Crippen MR) is 91.3 cm³/mol. The van der Waals surface area contributed by atoms with Crippen LogP contribution in [-0.4, -0.2) is 62.6 Å². The van der Waals surface area contributed by atoms with Crippen LogP contribution in [0.4, 0.5) is 4.39 Å². The van der Waals surface area contributed by atoms with Crippen LogP contribution in [-0.2, 0) is 11.2 Å². The Morgan fingerprint density at radius 1 is 1.46 bits per heavy atom. The minimum atomic E-state index is -1.07. The Morgan fingerprint density at radius 3 is 2.96 bits per heavy atom. The highest BCUT2D eigenvalue weighted by molar-refractivity contribution is 5.98. The largest absolute Gasteiger partial charge is 0.467 e. The van der Waals surface area contributed by atoms with Crippen molar-refractivity contribution in [3.63, 3.8) is 0 Å². The number of hydrogen-bond donors (Lipinski definition) is 3. The van der Waals surface area contributed by atoms with E-state index in [0.717, 1.165) is 11.1 Å². The van der Waals surface area contributed by atoms with Gasteiger partial charge >= 0.3 is 0 Å². The summed E-state index contributed by atoms with van der Waals surface area (Å²) in [4.78, 5) is 13.1. The average molecular weight is 391 g/mol. The molecule has 1 saturated heterocycles. The van der Waals surface area contributed by atoms with Crippen molar-refractivity contribution < 1.29 is 28.9 Å². The number of amidine groups is 1. The van der Waals surface area contributed by atoms with Gasteiger partial charge in [0.2, 0.25) is 11.5 Å². The molecule has 2 atom stereocenters. The number of likely N-dealkylation sites (tertiary alicyclic amines) is 1. The molecule has 0 radical (unpaired) electrons. The van der Waals surface area contributed by atoms with Crippen LogP contribution in [0.3, 0.4) is 0 Å². The lowest BCUT2D eigenvalue weighted by Gasteiger charge is -2.39. The quantitative estimate of drug-likeness (QED) is 0.285. The van der Waals surface area contributed by atoms with Crippen molar-refractivity contribution in [3.8, 4) is 5.88 Å². The molecule has 1 amide bonds. The summed E-state index contributed by atoms with van der Waals surface area (Å²) in [7, 11) is 0. The zero-order valence-corrected chi connectivity index (χ0v) is 14.9. The topological polar surface area (TPSA) is 133 Å². The molecular weight excluding hydrogens is 373 g/mol. The molecule has 0 spiro atoms. The fraction of sp³-hybridized carbons (Fsp3) is 0.412. The van der Waals surface area contributed by atoms with Crippen molar-refractivity contribution in [1.82, 2.24) is 20.5 Å². The van der Waals surface area contributed by atoms with Gasteiger partial charge in [0, 0.05) is 0 Å². The van der Waals surface area contributed by atoms with E-state index < -0.39 is 6.10 Å². The molecule has 3 N–H and O–H groups in total. The van der Waals surface area contributed by atoms with E-state index in [4.69, 9.17) is 9.37 Å². The van der Waals surface area contributed by atoms with E-state index in [1.807, 2.05) is 0 Å². The molecule has 2 aliphatic rings. The van der Waals surface area contributed by atoms with Crippen molar-refractivity contribution in [2.24, 2.45) is 5.16 Å². The Balaban J connectivity index is 1.40. The Bertz CT molecular complexity index is 924. The Labute approximate surface area is 158 Å². The van der Waals surface area contributed by atoms with Gasteiger partial charge in [-0.15, -0.1) is 0 Å². The van der Waals surface area contributed by atoms with Gasteiger partial charge in [-0.1, -0.05) is 11.2 Å². The maximum Gasteiger partial charge on any atom is 0.287 e. The molecule has 2 aromatic rings. The number of halogens is 1. The molecule has 1 aliphatic heterocycles. The molecule has 0 unspecified atom stereocenters. The SMILES string of the molecule is C[C@H](O)C(=O)N1CC(Oc2nonc2/C(=N/O)N[C@H]2Cc3ccc(F)cc32)C1. The summed E-state index contributed by atoms with van der Waals surface area (Å²) < 4.78 is 23.8. The van der Waals surface area contributed by atoms with Crippen molar-refractivity contribution in [2.75, 3.05) is 13.1 Å². The number of carbonyl (C=O) groups is 1. The van der Waals surface area contributed by atoms with Crippen LogP contribution in [0.25, 0.3) is 0 Å². The Hall–Kier alpha value is -3.21. The fourth-order valence-electron chi connectivity index (χ4n) is 3.23. The number of aliphatic hydroxyl groups is 1. The van der Waals surface area contributed by atoms with Crippen molar-refractivity contribution in [3.05, 3.63) is 40.8 Å². The number of carbonyl (C=O) groups excluding carboxylic acids is 1. The normalized spacial score (nSPS) is 20.0. The molecule has 148 valence electrons. The van der Waals surface area contributed by atoms with E-state index in [2.05, 4.69) is 20.8 Å². The molecule has 1 fully saturated rings. The zero-order chi connectivity index (χ0) is 19.8. The van der Waals surface area contributed by atoms with Crippen molar-refractivity contribution in [2.45, 2.75) is 31.6 Å². The lowest BCUT2D eigenvalue weighted by atomic mass is 9.83. The second-order valence-corrected chi connectivity index (χ2v) is 6.77. The maximum atomic E-state index is 13.4. The molecule has 4 rings (SSSR count). The van der Waals surface area contributed by atoms with Crippen LogP contribution in [0.1, 0.15) is 29.8 Å². The van der Waals surface area contributed by atoms with E-state index >= 15 is 0 Å². The van der Waals surface area contributed by atoms with Gasteiger partial charge in [-0.25, -0.2) is 9.02 Å². The van der Waals surface area contributed by atoms with E-state index in [1.54, 1.807) is 6.07 Å². The number of nitrogens with one attached hydrogen (secondary N) is 1. The molecule has 0 bridgehead atoms. The summed E-state index contributed by atoms with van der Waals surface area (Å²) in [5.41, 5.74) is 1.84. The highest BCUT2D eigenvalue weighted by Crippen LogP contribution is 2.34. The summed E-state index contributed by atoms with van der Waals surface area (Å²) >= 11 is 0. The van der Waals surface area contributed by atoms with Crippen LogP contribution < -0.4 is 10.1 Å². The van der Waals surface area contributed by atoms with E-state index in [1.165, 1.54) is 24.0 Å². The lowest BCUT2D eigenvalue weighted by Crippen LogP contribution is -2.58. The predicted octanol–water partition coefficient (Wildman–Crippen LogP) is 0.202. The number of rotatable bonds is 5. The molecule has 0 saturated carbocycles. The molecule has 10 nitrogen and oxygen atoms in total. The molecular formula is C17H18FN5O5. The number of fused-ring (bicyclic) bond motifs is 1. The number of oxime groups is 1. The highest BCUT2D eigenvalue weighted by Gasteiger charge is 2.36. The lowest BCUT2D eigenvalue weighted by molar-refractivity contribution is -0.148. The maximum absolute atomic E-state index is 13.4. The van der Waals surface area contributed by atoms with Crippen LogP contribution in [0, 0.1) is 5.82 Å². The smallest absolute Gasteiger partial charge is 0.287 e. The standard InChI is InChI=1S/C17H18FN5O5/c1-8(24)17(25)23-6-11(7-23)27-16-14(21-28-22-16)15(20-26)19-13-4-9-2-3-10(18)5-12(9)13/h2-3,5,8,11,13,24,26H,4,6-7H2,1H3,(H,19,20)/t8-,13-/m0/s1. The zero-order valence-electron chi connectivity index (χ0n) is 14.9. The second-order valence-electron chi connectivity index (χ2n) is 6.77. The summed E-state index contributed by atoms with van der Waals surface area (Å²) in [5, 5.41) is 32.2. The number of ether oxygens (including phenoxy) is 1. The molecule has 28 heavy (non-hydrogen) atoms. The number of benzene rings is 1. The first-order valence-electron chi connectivity index (χ1n) is 8.69. The van der Waals surface area contributed by atoms with Gasteiger partial charge in [-0.05, 0) is 46.9 Å². The summed E-state index contributed by atoms with van der Waals surface area (Å²) in [6.07, 6.45) is -0.792. The van der Waals surface area contributed by atoms with Gasteiger partial charge in [0.15, 0.2) is 0 Å². The molecule has 1 aromatic carbocycles. The highest BCUT2D eigenvalue weighted by atomic mass is 19.1. The molecule has 11 heteroatoms. The van der Waals surface area contributed by atoms with Gasteiger partial charge in [0.05, 0.1) is 19.1 Å². The number of aliphatic hydroxyl groups excluding tert-OH is 1. The third-order valence-corrected chi connectivity index (χ3v) is 4.80. The van der Waals surface area contributed by atoms with Gasteiger partial charge in [0.25, 0.3) is 11.8 Å². The minimum Gasteiger partial charge on any atom is -0.467 e. The third-order valence-electron chi connectivity index (χ3n) is 4.80. The third kappa shape index (κ3) is 3.24. The number of hydrogen-bond acceptors (Lipinski definition) is 8. The van der Waals surface area contributed by atoms with E-state index in [9.17, 15) is 19.5 Å². The van der Waals surface area contributed by atoms with Crippen LogP contribution >= 0.6 is 0 Å². The summed E-state index contributed by atoms with van der Waals surface area (Å²) in [6.45, 7) is 1.96. The summed E-state index contributed by atoms with van der Waals surface area (Å²) in [6, 6.07) is 4.28. The van der Waals surface area contributed by atoms with E-state index in [-0.39, 0.29) is 54.4 Å². The molecule has 2 heterocycles. The molecule has 1 aliphatic carbocycles. The minimum absolute atomic E-state index is 0.00763. The van der Waals surface area contributed by atoms with Gasteiger partial charge < -0.3 is 25.3 Å². The fourth-order valence-corrected chi connectivity index (χ4v) is 3.23. The number of amides is 1. The summed E-state index contributed by atoms with van der Waals surface area (Å²) in [5.74, 6) is -0.740.